The van der Waals surface area contributed by atoms with E-state index in [4.69, 9.17) is 23.2 Å². The number of benzene rings is 3. The molecule has 5 rings (SSSR count). The normalized spacial score (nSPS) is 17.2. The molecule has 12 heteroatoms. The highest BCUT2D eigenvalue weighted by Crippen LogP contribution is 2.44. The van der Waals surface area contributed by atoms with Gasteiger partial charge in [0.05, 0.1) is 37.7 Å². The third-order valence-electron chi connectivity index (χ3n) is 6.05. The summed E-state index contributed by atoms with van der Waals surface area (Å²) in [6.45, 7) is 2.09. The zero-order chi connectivity index (χ0) is 27.2. The lowest BCUT2D eigenvalue weighted by atomic mass is 10.1. The monoisotopic (exact) mass is 587 g/mol. The number of fused-ring (bicyclic) bond motifs is 1. The maximum Gasteiger partial charge on any atom is 0.290 e. The van der Waals surface area contributed by atoms with Crippen molar-refractivity contribution in [2.24, 2.45) is 0 Å². The van der Waals surface area contributed by atoms with Gasteiger partial charge in [-0.1, -0.05) is 59.1 Å². The number of carbonyl (C=O) groups excluding carboxylic acids is 3. The molecule has 38 heavy (non-hydrogen) atoms. The Hall–Kier alpha value is -3.15. The van der Waals surface area contributed by atoms with E-state index in [1.807, 2.05) is 31.2 Å². The number of imide groups is 1. The molecule has 2 aliphatic heterocycles. The number of hydrogen-bond acceptors (Lipinski definition) is 6. The van der Waals surface area contributed by atoms with Crippen LogP contribution in [0.15, 0.2) is 70.5 Å². The number of thioether (sulfide) groups is 1. The van der Waals surface area contributed by atoms with Crippen LogP contribution in [0.3, 0.4) is 0 Å². The van der Waals surface area contributed by atoms with E-state index in [1.165, 1.54) is 23.1 Å². The van der Waals surface area contributed by atoms with Gasteiger partial charge in [0.25, 0.3) is 17.1 Å². The van der Waals surface area contributed by atoms with Gasteiger partial charge in [-0.2, -0.15) is 0 Å². The zero-order valence-electron chi connectivity index (χ0n) is 19.7. The van der Waals surface area contributed by atoms with Crippen LogP contribution in [0.4, 0.5) is 10.5 Å². The lowest BCUT2D eigenvalue weighted by Gasteiger charge is -2.18. The molecule has 0 spiro atoms. The first-order chi connectivity index (χ1) is 18.0. The van der Waals surface area contributed by atoms with Crippen LogP contribution >= 0.6 is 35.0 Å². The number of aryl methyl sites for hydroxylation is 1. The summed E-state index contributed by atoms with van der Waals surface area (Å²) in [5, 5.41) is 2.21. The molecule has 2 heterocycles. The number of sulfonamides is 1. The van der Waals surface area contributed by atoms with Crippen molar-refractivity contribution in [1.82, 2.24) is 10.0 Å². The zero-order valence-corrected chi connectivity index (χ0v) is 22.9. The minimum absolute atomic E-state index is 0.0380. The quantitative estimate of drug-likeness (QED) is 0.391. The number of halogens is 2. The summed E-state index contributed by atoms with van der Waals surface area (Å²) in [6.07, 6.45) is 0. The largest absolute Gasteiger partial charge is 0.303 e. The fraction of sp³-hybridized carbons (Fsp3) is 0.115. The summed E-state index contributed by atoms with van der Waals surface area (Å²) in [5.74, 6) is -1.25. The van der Waals surface area contributed by atoms with Crippen molar-refractivity contribution < 1.29 is 22.8 Å². The number of carbonyl (C=O) groups is 3. The minimum Gasteiger partial charge on any atom is -0.303 e. The Kier molecular flexibility index (Phi) is 7.10. The third-order valence-corrected chi connectivity index (χ3v) is 9.07. The Morgan fingerprint density at radius 2 is 1.63 bits per heavy atom. The predicted octanol–water partition coefficient (Wildman–Crippen LogP) is 5.02. The van der Waals surface area contributed by atoms with Crippen molar-refractivity contribution in [3.8, 4) is 0 Å². The van der Waals surface area contributed by atoms with Gasteiger partial charge in [0.15, 0.2) is 0 Å². The highest BCUT2D eigenvalue weighted by molar-refractivity contribution is 8.18. The molecule has 3 amide bonds. The highest BCUT2D eigenvalue weighted by Gasteiger charge is 2.40. The van der Waals surface area contributed by atoms with E-state index in [0.29, 0.717) is 33.1 Å². The maximum atomic E-state index is 13.6. The SMILES string of the molecule is Cc1ccc(CNS(=O)(=O)c2ccc3c(c2)/C(=C2/SC(=O)NC2=O)C(=O)N3Cc2ccc(Cl)c(Cl)c2)cc1. The van der Waals surface area contributed by atoms with Gasteiger partial charge in [-0.15, -0.1) is 0 Å². The Labute approximate surface area is 233 Å². The topological polar surface area (TPSA) is 113 Å². The Balaban J connectivity index is 1.54. The standard InChI is InChI=1S/C26H19Cl2N3O5S2/c1-14-2-4-15(5-3-14)12-29-38(35,36)17-7-9-21-18(11-17)22(23-24(32)30-26(34)37-23)25(33)31(21)13-16-6-8-19(27)20(28)10-16/h2-11,29H,12-13H2,1H3,(H,30,32,34)/b23-22-. The number of nitrogens with zero attached hydrogens (tertiary/aromatic N) is 1. The Morgan fingerprint density at radius 1 is 0.921 bits per heavy atom. The molecular weight excluding hydrogens is 569 g/mol. The molecule has 3 aromatic rings. The van der Waals surface area contributed by atoms with Crippen molar-refractivity contribution in [3.05, 3.63) is 97.9 Å². The summed E-state index contributed by atoms with van der Waals surface area (Å²) in [5.41, 5.74) is 3.10. The van der Waals surface area contributed by atoms with Gasteiger partial charge in [0.2, 0.25) is 10.0 Å². The predicted molar refractivity (Wildman–Crippen MR) is 147 cm³/mol. The molecule has 194 valence electrons. The summed E-state index contributed by atoms with van der Waals surface area (Å²) >= 11 is 12.8. The van der Waals surface area contributed by atoms with Crippen LogP contribution in [0, 0.1) is 6.92 Å². The van der Waals surface area contributed by atoms with Crippen LogP contribution < -0.4 is 14.9 Å². The van der Waals surface area contributed by atoms with Gasteiger partial charge in [-0.05, 0) is 60.1 Å². The van der Waals surface area contributed by atoms with E-state index in [-0.39, 0.29) is 34.0 Å². The molecule has 3 aromatic carbocycles. The first-order valence-electron chi connectivity index (χ1n) is 11.3. The third kappa shape index (κ3) is 5.10. The molecule has 1 fully saturated rings. The summed E-state index contributed by atoms with van der Waals surface area (Å²) in [7, 11) is -3.97. The average Bonchev–Trinajstić information content (AvgIpc) is 3.34. The number of anilines is 1. The number of rotatable bonds is 6. The second kappa shape index (κ2) is 10.2. The first kappa shape index (κ1) is 26.5. The molecule has 0 radical (unpaired) electrons. The van der Waals surface area contributed by atoms with E-state index in [2.05, 4.69) is 10.0 Å². The van der Waals surface area contributed by atoms with Crippen LogP contribution in [0.1, 0.15) is 22.3 Å². The highest BCUT2D eigenvalue weighted by atomic mass is 35.5. The van der Waals surface area contributed by atoms with Gasteiger partial charge >= 0.3 is 0 Å². The molecule has 0 bridgehead atoms. The molecular formula is C26H19Cl2N3O5S2. The van der Waals surface area contributed by atoms with Crippen molar-refractivity contribution in [1.29, 1.82) is 0 Å². The molecule has 0 saturated carbocycles. The Morgan fingerprint density at radius 3 is 2.29 bits per heavy atom. The summed E-state index contributed by atoms with van der Waals surface area (Å²) < 4.78 is 28.9. The number of hydrogen-bond donors (Lipinski definition) is 2. The van der Waals surface area contributed by atoms with Crippen molar-refractivity contribution in [2.75, 3.05) is 4.90 Å². The molecule has 2 N–H and O–H groups in total. The molecule has 0 atom stereocenters. The molecule has 0 aliphatic carbocycles. The van der Waals surface area contributed by atoms with Crippen LogP contribution in [-0.2, 0) is 32.7 Å². The van der Waals surface area contributed by atoms with Gasteiger partial charge in [-0.3, -0.25) is 19.7 Å². The van der Waals surface area contributed by atoms with E-state index < -0.39 is 27.1 Å². The smallest absolute Gasteiger partial charge is 0.290 e. The van der Waals surface area contributed by atoms with Gasteiger partial charge in [0, 0.05) is 12.1 Å². The molecule has 8 nitrogen and oxygen atoms in total. The van der Waals surface area contributed by atoms with Crippen LogP contribution in [-0.4, -0.2) is 25.5 Å². The van der Waals surface area contributed by atoms with Crippen LogP contribution in [0.25, 0.3) is 5.57 Å². The second-order valence-electron chi connectivity index (χ2n) is 8.68. The van der Waals surface area contributed by atoms with Gasteiger partial charge < -0.3 is 4.90 Å². The van der Waals surface area contributed by atoms with E-state index in [9.17, 15) is 22.8 Å². The summed E-state index contributed by atoms with van der Waals surface area (Å²) in [4.78, 5) is 39.2. The van der Waals surface area contributed by atoms with Crippen molar-refractivity contribution >= 4 is 73.3 Å². The minimum atomic E-state index is -3.97. The maximum absolute atomic E-state index is 13.6. The van der Waals surface area contributed by atoms with E-state index in [1.54, 1.807) is 18.2 Å². The van der Waals surface area contributed by atoms with Crippen LogP contribution in [0.5, 0.6) is 0 Å². The fourth-order valence-corrected chi connectivity index (χ4v) is 6.26. The lowest BCUT2D eigenvalue weighted by molar-refractivity contribution is -0.116. The Bertz CT molecular complexity index is 1650. The van der Waals surface area contributed by atoms with Crippen molar-refractivity contribution in [2.45, 2.75) is 24.9 Å². The van der Waals surface area contributed by atoms with E-state index in [0.717, 1.165) is 11.1 Å². The van der Waals surface area contributed by atoms with Gasteiger partial charge in [0.1, 0.15) is 0 Å². The summed E-state index contributed by atoms with van der Waals surface area (Å²) in [6, 6.07) is 16.6. The number of nitrogens with one attached hydrogen (secondary N) is 2. The first-order valence-corrected chi connectivity index (χ1v) is 14.3. The van der Waals surface area contributed by atoms with E-state index >= 15 is 0 Å². The van der Waals surface area contributed by atoms with Crippen molar-refractivity contribution in [3.63, 3.8) is 0 Å². The van der Waals surface area contributed by atoms with Gasteiger partial charge in [-0.25, -0.2) is 13.1 Å². The van der Waals surface area contributed by atoms with Crippen LogP contribution in [0.2, 0.25) is 10.0 Å². The fourth-order valence-electron chi connectivity index (χ4n) is 4.12. The number of amides is 3. The molecule has 1 saturated heterocycles. The lowest BCUT2D eigenvalue weighted by Crippen LogP contribution is -2.26. The molecule has 0 unspecified atom stereocenters. The average molecular weight is 588 g/mol. The second-order valence-corrected chi connectivity index (χ2v) is 12.2. The molecule has 2 aliphatic rings. The molecule has 0 aromatic heterocycles.